The number of halogens is 2. The SMILES string of the molecule is C1COCCN1.CO.O=C(CCl)Nc1ccc2cnccc2c1.O=C(CN1CCOCC1)Nc1ccc2cnccc2c1.[I-].[K+]. The number of amides is 2. The Hall–Kier alpha value is -1.34. The predicted molar refractivity (Wildman–Crippen MR) is 171 cm³/mol. The Morgan fingerprint density at radius 1 is 0.800 bits per heavy atom. The molecule has 45 heavy (non-hydrogen) atoms. The smallest absolute Gasteiger partial charge is 1.00 e. The normalized spacial score (nSPS) is 13.9. The zero-order valence-corrected chi connectivity index (χ0v) is 31.7. The van der Waals surface area contributed by atoms with Crippen molar-refractivity contribution in [3.63, 3.8) is 0 Å². The van der Waals surface area contributed by atoms with Gasteiger partial charge in [0.2, 0.25) is 11.8 Å². The van der Waals surface area contributed by atoms with E-state index in [0.717, 1.165) is 79.4 Å². The summed E-state index contributed by atoms with van der Waals surface area (Å²) in [5.74, 6) is -0.223. The third-order valence-electron chi connectivity index (χ3n) is 6.29. The number of hydrogen-bond acceptors (Lipinski definition) is 9. The number of morpholine rings is 2. The van der Waals surface area contributed by atoms with Crippen LogP contribution in [0, 0.1) is 0 Å². The minimum Gasteiger partial charge on any atom is -1.00 e. The third-order valence-corrected chi connectivity index (χ3v) is 6.53. The Bertz CT molecular complexity index is 1420. The molecule has 4 heterocycles. The van der Waals surface area contributed by atoms with Crippen LogP contribution in [0.5, 0.6) is 0 Å². The summed E-state index contributed by atoms with van der Waals surface area (Å²) in [7, 11) is 1.00. The summed E-state index contributed by atoms with van der Waals surface area (Å²) in [5.41, 5.74) is 1.57. The van der Waals surface area contributed by atoms with Gasteiger partial charge in [-0.3, -0.25) is 24.5 Å². The number of carbonyl (C=O) groups excluding carboxylic acids is 2. The van der Waals surface area contributed by atoms with E-state index in [0.29, 0.717) is 19.8 Å². The molecule has 4 N–H and O–H groups in total. The zero-order valence-electron chi connectivity index (χ0n) is 25.7. The topological polar surface area (TPSA) is 138 Å². The summed E-state index contributed by atoms with van der Waals surface area (Å²) < 4.78 is 10.3. The van der Waals surface area contributed by atoms with Gasteiger partial charge in [0.25, 0.3) is 0 Å². The van der Waals surface area contributed by atoms with Gasteiger partial charge in [-0.25, -0.2) is 0 Å². The van der Waals surface area contributed by atoms with Gasteiger partial charge in [0.05, 0.1) is 33.0 Å². The third kappa shape index (κ3) is 15.9. The number of alkyl halides is 1. The number of nitrogens with zero attached hydrogens (tertiary/aromatic N) is 3. The fraction of sp³-hybridized carbons (Fsp3) is 0.355. The zero-order chi connectivity index (χ0) is 30.7. The van der Waals surface area contributed by atoms with Gasteiger partial charge >= 0.3 is 51.4 Å². The number of pyridine rings is 2. The molecule has 0 saturated carbocycles. The fourth-order valence-corrected chi connectivity index (χ4v) is 4.26. The Kier molecular flexibility index (Phi) is 22.9. The molecule has 2 fully saturated rings. The van der Waals surface area contributed by atoms with Gasteiger partial charge in [-0.1, -0.05) is 12.1 Å². The van der Waals surface area contributed by atoms with Crippen LogP contribution in [0.1, 0.15) is 0 Å². The van der Waals surface area contributed by atoms with Gasteiger partial charge in [0.1, 0.15) is 5.88 Å². The van der Waals surface area contributed by atoms with E-state index >= 15 is 0 Å². The summed E-state index contributed by atoms with van der Waals surface area (Å²) in [4.78, 5) is 33.3. The summed E-state index contributed by atoms with van der Waals surface area (Å²) in [5, 5.41) is 20.0. The van der Waals surface area contributed by atoms with Crippen molar-refractivity contribution in [3.8, 4) is 0 Å². The molecule has 0 aliphatic carbocycles. The summed E-state index contributed by atoms with van der Waals surface area (Å²) in [6, 6.07) is 15.3. The summed E-state index contributed by atoms with van der Waals surface area (Å²) in [6.45, 7) is 7.29. The second-order valence-corrected chi connectivity index (χ2v) is 9.62. The molecule has 11 nitrogen and oxygen atoms in total. The van der Waals surface area contributed by atoms with Crippen molar-refractivity contribution in [1.82, 2.24) is 20.2 Å². The van der Waals surface area contributed by atoms with E-state index in [1.807, 2.05) is 54.7 Å². The van der Waals surface area contributed by atoms with Gasteiger partial charge in [0.15, 0.2) is 0 Å². The standard InChI is InChI=1S/C15H17N3O2.C11H9ClN2O.C4H9NO.CH4O.HI.K/c19-15(11-18-5-7-20-8-6-18)17-14-2-1-13-10-16-4-3-12(13)9-14;12-6-11(15)14-10-2-1-9-7-13-4-3-8(9)5-10;1-3-6-4-2-5-1;1-2;;/h1-4,9-10H,5-8,11H2,(H,17,19);1-5,7H,6H2,(H,14,15);5H,1-4H2;2H,1H3;1H;/q;;;;;+1/p-1. The number of fused-ring (bicyclic) bond motifs is 2. The predicted octanol–water partition coefficient (Wildman–Crippen LogP) is -2.86. The maximum absolute atomic E-state index is 12.0. The summed E-state index contributed by atoms with van der Waals surface area (Å²) >= 11 is 5.40. The molecule has 0 spiro atoms. The van der Waals surface area contributed by atoms with Crippen molar-refractivity contribution in [2.24, 2.45) is 0 Å². The molecule has 0 radical (unpaired) electrons. The minimum atomic E-state index is -0.204. The Labute approximate surface area is 328 Å². The van der Waals surface area contributed by atoms with Crippen molar-refractivity contribution in [2.45, 2.75) is 0 Å². The molecule has 2 aliphatic heterocycles. The average Bonchev–Trinajstić information content (AvgIpc) is 3.07. The quantitative estimate of drug-likeness (QED) is 0.0960. The number of carbonyl (C=O) groups is 2. The number of hydrogen-bond donors (Lipinski definition) is 4. The van der Waals surface area contributed by atoms with Gasteiger partial charge in [-0.15, -0.1) is 11.6 Å². The van der Waals surface area contributed by atoms with Crippen LogP contribution < -0.4 is 91.3 Å². The molecular weight excluding hydrogens is 738 g/mol. The molecule has 6 rings (SSSR count). The maximum atomic E-state index is 12.0. The van der Waals surface area contributed by atoms with Gasteiger partial charge in [-0.05, 0) is 47.2 Å². The molecule has 2 amide bonds. The van der Waals surface area contributed by atoms with E-state index in [1.54, 1.807) is 18.6 Å². The Morgan fingerprint density at radius 2 is 1.29 bits per heavy atom. The van der Waals surface area contributed by atoms with Crippen molar-refractivity contribution in [1.29, 1.82) is 0 Å². The first-order valence-electron chi connectivity index (χ1n) is 14.0. The van der Waals surface area contributed by atoms with Gasteiger partial charge < -0.3 is 54.5 Å². The molecule has 2 aromatic carbocycles. The first kappa shape index (κ1) is 41.7. The van der Waals surface area contributed by atoms with Crippen LogP contribution in [0.4, 0.5) is 11.4 Å². The first-order valence-corrected chi connectivity index (χ1v) is 14.5. The average molecular weight is 777 g/mol. The second kappa shape index (κ2) is 24.8. The number of aliphatic hydroxyl groups excluding tert-OH is 1. The van der Waals surface area contributed by atoms with Crippen molar-refractivity contribution >= 4 is 56.3 Å². The Balaban J connectivity index is 0.000000358. The van der Waals surface area contributed by atoms with E-state index < -0.39 is 0 Å². The second-order valence-electron chi connectivity index (χ2n) is 9.36. The number of aliphatic hydroxyl groups is 1. The van der Waals surface area contributed by atoms with Gasteiger partial charge in [0, 0.05) is 80.2 Å². The molecule has 238 valence electrons. The number of aromatic nitrogens is 2. The molecule has 2 saturated heterocycles. The van der Waals surface area contributed by atoms with Crippen LogP contribution in [0.2, 0.25) is 0 Å². The molecule has 2 aliphatic rings. The number of nitrogens with one attached hydrogen (secondary N) is 3. The van der Waals surface area contributed by atoms with Gasteiger partial charge in [-0.2, -0.15) is 0 Å². The van der Waals surface area contributed by atoms with Crippen molar-refractivity contribution in [3.05, 3.63) is 73.3 Å². The Morgan fingerprint density at radius 3 is 1.73 bits per heavy atom. The minimum absolute atomic E-state index is 0. The van der Waals surface area contributed by atoms with E-state index in [9.17, 15) is 9.59 Å². The van der Waals surface area contributed by atoms with Crippen LogP contribution >= 0.6 is 11.6 Å². The van der Waals surface area contributed by atoms with Crippen LogP contribution in [-0.2, 0) is 19.1 Å². The molecule has 0 bridgehead atoms. The van der Waals surface area contributed by atoms with Crippen molar-refractivity contribution < 1.29 is 99.5 Å². The number of anilines is 2. The molecule has 14 heteroatoms. The molecule has 4 aromatic rings. The van der Waals surface area contributed by atoms with Crippen LogP contribution in [0.3, 0.4) is 0 Å². The van der Waals surface area contributed by atoms with Crippen LogP contribution in [0.25, 0.3) is 21.5 Å². The van der Waals surface area contributed by atoms with Crippen LogP contribution in [0.15, 0.2) is 73.3 Å². The fourth-order valence-electron chi connectivity index (χ4n) is 4.20. The molecule has 2 aromatic heterocycles. The molecule has 0 unspecified atom stereocenters. The maximum Gasteiger partial charge on any atom is 1.00 e. The number of ether oxygens (including phenoxy) is 2. The van der Waals surface area contributed by atoms with E-state index in [2.05, 4.69) is 30.8 Å². The van der Waals surface area contributed by atoms with Crippen molar-refractivity contribution in [2.75, 3.05) is 82.8 Å². The van der Waals surface area contributed by atoms with E-state index in [-0.39, 0.29) is 93.1 Å². The largest absolute Gasteiger partial charge is 1.00 e. The summed E-state index contributed by atoms with van der Waals surface area (Å²) in [6.07, 6.45) is 7.06. The van der Waals surface area contributed by atoms with Crippen LogP contribution in [-0.4, -0.2) is 104 Å². The molecule has 0 atom stereocenters. The van der Waals surface area contributed by atoms with E-state index in [4.69, 9.17) is 26.2 Å². The molecular formula is C31H39ClIKN6O5. The first-order chi connectivity index (χ1) is 21.1. The monoisotopic (exact) mass is 776 g/mol. The number of rotatable bonds is 5. The van der Waals surface area contributed by atoms with E-state index in [1.165, 1.54) is 0 Å². The number of benzene rings is 2.